The summed E-state index contributed by atoms with van der Waals surface area (Å²) in [6.45, 7) is 3.97. The first-order valence-electron chi connectivity index (χ1n) is 5.53. The Balaban J connectivity index is 2.30. The second-order valence-corrected chi connectivity index (χ2v) is 4.96. The van der Waals surface area contributed by atoms with E-state index in [0.717, 1.165) is 24.0 Å². The number of aromatic hydroxyl groups is 1. The molecular weight excluding hydrogens is 200 g/mol. The molecule has 0 heterocycles. The van der Waals surface area contributed by atoms with Gasteiger partial charge in [0.05, 0.1) is 0 Å². The number of rotatable bonds is 1. The van der Waals surface area contributed by atoms with Crippen LogP contribution in [0, 0.1) is 5.41 Å². The van der Waals surface area contributed by atoms with Gasteiger partial charge in [-0.2, -0.15) is 0 Å². The van der Waals surface area contributed by atoms with Crippen LogP contribution >= 0.6 is 0 Å². The molecule has 0 radical (unpaired) electrons. The lowest BCUT2D eigenvalue weighted by Crippen LogP contribution is -2.25. The third-order valence-corrected chi connectivity index (χ3v) is 3.23. The topological polar surface area (TPSA) is 37.3 Å². The molecule has 0 fully saturated rings. The Hall–Kier alpha value is -1.57. The van der Waals surface area contributed by atoms with Gasteiger partial charge in [0, 0.05) is 5.41 Å². The van der Waals surface area contributed by atoms with Gasteiger partial charge >= 0.3 is 0 Å². The van der Waals surface area contributed by atoms with Crippen LogP contribution in [0.25, 0.3) is 5.57 Å². The van der Waals surface area contributed by atoms with Gasteiger partial charge < -0.3 is 5.11 Å². The smallest absolute Gasteiger partial charge is 0.161 e. The molecule has 16 heavy (non-hydrogen) atoms. The zero-order valence-electron chi connectivity index (χ0n) is 9.66. The fourth-order valence-corrected chi connectivity index (χ4v) is 1.90. The van der Waals surface area contributed by atoms with Gasteiger partial charge in [-0.05, 0) is 42.2 Å². The highest BCUT2D eigenvalue weighted by Crippen LogP contribution is 2.35. The molecule has 1 N–H and O–H groups in total. The lowest BCUT2D eigenvalue weighted by Gasteiger charge is -2.27. The van der Waals surface area contributed by atoms with Crippen LogP contribution in [0.3, 0.4) is 0 Å². The van der Waals surface area contributed by atoms with E-state index in [1.54, 1.807) is 18.2 Å². The molecule has 1 aliphatic rings. The average Bonchev–Trinajstić information content (AvgIpc) is 2.24. The Morgan fingerprint density at radius 3 is 2.38 bits per heavy atom. The maximum absolute atomic E-state index is 11.8. The Labute approximate surface area is 95.6 Å². The summed E-state index contributed by atoms with van der Waals surface area (Å²) in [5.41, 5.74) is 1.88. The molecule has 1 aliphatic carbocycles. The second kappa shape index (κ2) is 3.78. The average molecular weight is 216 g/mol. The number of hydrogen-bond donors (Lipinski definition) is 1. The van der Waals surface area contributed by atoms with Crippen molar-refractivity contribution in [3.8, 4) is 5.75 Å². The first kappa shape index (κ1) is 10.9. The van der Waals surface area contributed by atoms with E-state index in [4.69, 9.17) is 0 Å². The van der Waals surface area contributed by atoms with Gasteiger partial charge in [-0.3, -0.25) is 4.79 Å². The van der Waals surface area contributed by atoms with Gasteiger partial charge in [0.15, 0.2) is 5.78 Å². The van der Waals surface area contributed by atoms with Crippen molar-refractivity contribution in [1.82, 2.24) is 0 Å². The molecule has 1 aromatic carbocycles. The van der Waals surface area contributed by atoms with Crippen LogP contribution < -0.4 is 0 Å². The summed E-state index contributed by atoms with van der Waals surface area (Å²) < 4.78 is 0. The first-order chi connectivity index (χ1) is 7.49. The fourth-order valence-electron chi connectivity index (χ4n) is 1.90. The van der Waals surface area contributed by atoms with Crippen LogP contribution in [0.4, 0.5) is 0 Å². The van der Waals surface area contributed by atoms with Gasteiger partial charge in [-0.1, -0.05) is 26.0 Å². The molecule has 2 heteroatoms. The van der Waals surface area contributed by atoms with Crippen LogP contribution in [-0.2, 0) is 4.79 Å². The molecule has 0 unspecified atom stereocenters. The second-order valence-electron chi connectivity index (χ2n) is 4.96. The maximum Gasteiger partial charge on any atom is 0.161 e. The Kier molecular flexibility index (Phi) is 2.58. The monoisotopic (exact) mass is 216 g/mol. The number of hydrogen-bond acceptors (Lipinski definition) is 2. The fraction of sp³-hybridized carbons (Fsp3) is 0.357. The largest absolute Gasteiger partial charge is 0.508 e. The summed E-state index contributed by atoms with van der Waals surface area (Å²) >= 11 is 0. The van der Waals surface area contributed by atoms with Gasteiger partial charge in [0.25, 0.3) is 0 Å². The van der Waals surface area contributed by atoms with Crippen LogP contribution in [0.2, 0.25) is 0 Å². The summed E-state index contributed by atoms with van der Waals surface area (Å²) in [7, 11) is 0. The van der Waals surface area contributed by atoms with Crippen LogP contribution in [-0.4, -0.2) is 10.9 Å². The molecule has 0 aliphatic heterocycles. The molecule has 0 saturated carbocycles. The minimum Gasteiger partial charge on any atom is -0.508 e. The molecule has 0 saturated heterocycles. The normalized spacial score (nSPS) is 19.4. The number of allylic oxidation sites excluding steroid dienone is 2. The molecule has 0 amide bonds. The Morgan fingerprint density at radius 1 is 1.19 bits per heavy atom. The van der Waals surface area contributed by atoms with E-state index in [1.165, 1.54) is 0 Å². The van der Waals surface area contributed by atoms with E-state index in [0.29, 0.717) is 0 Å². The van der Waals surface area contributed by atoms with Crippen molar-refractivity contribution in [1.29, 1.82) is 0 Å². The zero-order valence-corrected chi connectivity index (χ0v) is 9.66. The van der Waals surface area contributed by atoms with E-state index in [9.17, 15) is 9.90 Å². The van der Waals surface area contributed by atoms with E-state index in [-0.39, 0.29) is 16.9 Å². The molecule has 0 atom stereocenters. The predicted molar refractivity (Wildman–Crippen MR) is 64.1 cm³/mol. The van der Waals surface area contributed by atoms with Crippen molar-refractivity contribution in [2.24, 2.45) is 5.41 Å². The number of phenols is 1. The van der Waals surface area contributed by atoms with Crippen LogP contribution in [0.15, 0.2) is 30.3 Å². The summed E-state index contributed by atoms with van der Waals surface area (Å²) in [5, 5.41) is 9.20. The number of phenolic OH excluding ortho intramolecular Hbond substituents is 1. The van der Waals surface area contributed by atoms with Gasteiger partial charge in [-0.15, -0.1) is 0 Å². The summed E-state index contributed by atoms with van der Waals surface area (Å²) in [4.78, 5) is 11.8. The zero-order chi connectivity index (χ0) is 11.8. The van der Waals surface area contributed by atoms with E-state index >= 15 is 0 Å². The maximum atomic E-state index is 11.8. The highest BCUT2D eigenvalue weighted by atomic mass is 16.3. The molecule has 1 aromatic rings. The number of carbonyl (C=O) groups is 1. The van der Waals surface area contributed by atoms with Crippen molar-refractivity contribution in [3.05, 3.63) is 35.9 Å². The van der Waals surface area contributed by atoms with Crippen LogP contribution in [0.5, 0.6) is 5.75 Å². The Bertz CT molecular complexity index is 438. The minimum absolute atomic E-state index is 0.196. The molecule has 2 nitrogen and oxygen atoms in total. The highest BCUT2D eigenvalue weighted by Gasteiger charge is 2.29. The van der Waals surface area contributed by atoms with E-state index in [2.05, 4.69) is 0 Å². The molecule has 2 rings (SSSR count). The molecule has 0 bridgehead atoms. The van der Waals surface area contributed by atoms with Crippen LogP contribution in [0.1, 0.15) is 32.3 Å². The molecule has 0 spiro atoms. The molecular formula is C14H16O2. The van der Waals surface area contributed by atoms with Crippen molar-refractivity contribution in [3.63, 3.8) is 0 Å². The van der Waals surface area contributed by atoms with Crippen molar-refractivity contribution in [2.75, 3.05) is 0 Å². The van der Waals surface area contributed by atoms with Crippen molar-refractivity contribution < 1.29 is 9.90 Å². The highest BCUT2D eigenvalue weighted by molar-refractivity contribution is 6.01. The third-order valence-electron chi connectivity index (χ3n) is 3.23. The van der Waals surface area contributed by atoms with E-state index in [1.807, 2.05) is 26.0 Å². The SMILES string of the molecule is CC1(C)CCC(c2ccc(O)cc2)=CC1=O. The quantitative estimate of drug-likeness (QED) is 0.782. The van der Waals surface area contributed by atoms with Crippen molar-refractivity contribution >= 4 is 11.4 Å². The van der Waals surface area contributed by atoms with E-state index < -0.39 is 0 Å². The third kappa shape index (κ3) is 2.01. The number of benzene rings is 1. The Morgan fingerprint density at radius 2 is 1.81 bits per heavy atom. The lowest BCUT2D eigenvalue weighted by atomic mass is 9.76. The number of carbonyl (C=O) groups excluding carboxylic acids is 1. The molecule has 84 valence electrons. The summed E-state index contributed by atoms with van der Waals surface area (Å²) in [6.07, 6.45) is 3.55. The standard InChI is InChI=1S/C14H16O2/c1-14(2)8-7-11(9-13(14)16)10-3-5-12(15)6-4-10/h3-6,9,15H,7-8H2,1-2H3. The summed E-state index contributed by atoms with van der Waals surface area (Å²) in [6, 6.07) is 7.01. The summed E-state index contributed by atoms with van der Waals surface area (Å²) in [5.74, 6) is 0.452. The number of ketones is 1. The first-order valence-corrected chi connectivity index (χ1v) is 5.53. The van der Waals surface area contributed by atoms with Gasteiger partial charge in [-0.25, -0.2) is 0 Å². The van der Waals surface area contributed by atoms with Gasteiger partial charge in [0.2, 0.25) is 0 Å². The predicted octanol–water partition coefficient (Wildman–Crippen LogP) is 3.16. The minimum atomic E-state index is -0.222. The molecule has 0 aromatic heterocycles. The van der Waals surface area contributed by atoms with Crippen molar-refractivity contribution in [2.45, 2.75) is 26.7 Å². The van der Waals surface area contributed by atoms with Gasteiger partial charge in [0.1, 0.15) is 5.75 Å². The lowest BCUT2D eigenvalue weighted by molar-refractivity contribution is -0.122.